The molecule has 0 saturated heterocycles. The van der Waals surface area contributed by atoms with Crippen molar-refractivity contribution in [3.8, 4) is 0 Å². The van der Waals surface area contributed by atoms with E-state index in [4.69, 9.17) is 9.05 Å². The van der Waals surface area contributed by atoms with Crippen LogP contribution in [0.3, 0.4) is 0 Å². The monoisotopic (exact) mass is 517 g/mol. The molecule has 1 aliphatic heterocycles. The second kappa shape index (κ2) is 10.2. The fourth-order valence-electron chi connectivity index (χ4n) is 4.12. The zero-order valence-electron chi connectivity index (χ0n) is 19.6. The van der Waals surface area contributed by atoms with Gasteiger partial charge in [0.2, 0.25) is 0 Å². The van der Waals surface area contributed by atoms with E-state index in [1.54, 1.807) is 32.0 Å². The van der Waals surface area contributed by atoms with Gasteiger partial charge in [-0.1, -0.05) is 17.3 Å². The van der Waals surface area contributed by atoms with E-state index in [2.05, 4.69) is 10.3 Å². The molecule has 0 aliphatic carbocycles. The largest absolute Gasteiger partial charge is 0.391 e. The number of nitrogens with zero attached hydrogens (tertiary/aromatic N) is 5. The number of amides is 2. The zero-order chi connectivity index (χ0) is 26.0. The number of carbonyl (C=O) groups is 2. The number of aliphatic hydroxyl groups excluding tert-OH is 1. The van der Waals surface area contributed by atoms with Crippen LogP contribution in [-0.2, 0) is 26.7 Å². The van der Waals surface area contributed by atoms with Crippen LogP contribution < -0.4 is 0 Å². The van der Waals surface area contributed by atoms with E-state index >= 15 is 0 Å². The predicted octanol–water partition coefficient (Wildman–Crippen LogP) is 2.76. The third-order valence-corrected chi connectivity index (χ3v) is 7.69. The highest BCUT2D eigenvalue weighted by atomic mass is 31.2. The Hall–Kier alpha value is -3.51. The lowest BCUT2D eigenvalue weighted by molar-refractivity contribution is -0.384. The molecule has 0 saturated carbocycles. The molecule has 0 fully saturated rings. The van der Waals surface area contributed by atoms with Crippen molar-refractivity contribution in [1.29, 1.82) is 0 Å². The Labute approximate surface area is 205 Å². The number of nitro groups is 1. The molecule has 3 aromatic rings. The summed E-state index contributed by atoms with van der Waals surface area (Å²) in [5.41, 5.74) is 0.304. The number of aliphatic hydroxyl groups is 1. The number of carbonyl (C=O) groups excluding carboxylic acids is 2. The highest BCUT2D eigenvalue weighted by Gasteiger charge is 2.35. The van der Waals surface area contributed by atoms with Crippen LogP contribution in [0.4, 0.5) is 5.69 Å². The Kier molecular flexibility index (Phi) is 7.27. The van der Waals surface area contributed by atoms with Gasteiger partial charge in [0.1, 0.15) is 5.69 Å². The minimum atomic E-state index is -3.47. The molecule has 1 unspecified atom stereocenters. The fraction of sp³-hybridized carbons (Fsp3) is 0.364. The van der Waals surface area contributed by atoms with Gasteiger partial charge in [0, 0.05) is 23.1 Å². The fourth-order valence-corrected chi connectivity index (χ4v) is 5.82. The highest BCUT2D eigenvalue weighted by Crippen LogP contribution is 2.48. The number of hydrogen-bond donors (Lipinski definition) is 1. The van der Waals surface area contributed by atoms with Gasteiger partial charge < -0.3 is 14.2 Å². The minimum Gasteiger partial charge on any atom is -0.391 e. The summed E-state index contributed by atoms with van der Waals surface area (Å²) in [6.07, 6.45) is 0.0818. The molecule has 1 aliphatic rings. The van der Waals surface area contributed by atoms with Crippen molar-refractivity contribution in [3.05, 3.63) is 63.5 Å². The van der Waals surface area contributed by atoms with Crippen LogP contribution in [0.2, 0.25) is 0 Å². The lowest BCUT2D eigenvalue weighted by Crippen LogP contribution is -2.39. The van der Waals surface area contributed by atoms with Crippen molar-refractivity contribution in [1.82, 2.24) is 19.9 Å². The molecule has 14 heteroatoms. The molecule has 190 valence electrons. The lowest BCUT2D eigenvalue weighted by Gasteiger charge is -2.26. The molecule has 0 radical (unpaired) electrons. The molecule has 1 aromatic heterocycles. The number of aromatic nitrogens is 3. The SMILES string of the molecule is CCOP(=O)(CC(O)Cn1cc(CN2C(=O)c3cccc4cc([N+](=O)[O-])cc(c34)C2=O)nn1)OCC. The Morgan fingerprint density at radius 2 is 1.83 bits per heavy atom. The average Bonchev–Trinajstić information content (AvgIpc) is 3.26. The summed E-state index contributed by atoms with van der Waals surface area (Å²) in [6.45, 7) is 3.35. The summed E-state index contributed by atoms with van der Waals surface area (Å²) in [5.74, 6) is -1.24. The Bertz CT molecular complexity index is 1380. The van der Waals surface area contributed by atoms with Crippen LogP contribution >= 0.6 is 7.60 Å². The maximum atomic E-state index is 13.2. The average molecular weight is 517 g/mol. The van der Waals surface area contributed by atoms with E-state index < -0.39 is 30.4 Å². The second-order valence-electron chi connectivity index (χ2n) is 8.07. The summed E-state index contributed by atoms with van der Waals surface area (Å²) in [4.78, 5) is 38.0. The number of non-ortho nitro benzene ring substituents is 1. The molecular weight excluding hydrogens is 493 g/mol. The van der Waals surface area contributed by atoms with Crippen LogP contribution in [0.25, 0.3) is 10.8 Å². The van der Waals surface area contributed by atoms with E-state index in [0.717, 1.165) is 11.0 Å². The maximum Gasteiger partial charge on any atom is 0.333 e. The number of nitro benzene ring substituents is 1. The third kappa shape index (κ3) is 5.05. The van der Waals surface area contributed by atoms with Crippen LogP contribution in [0.1, 0.15) is 40.3 Å². The van der Waals surface area contributed by atoms with Gasteiger partial charge in [-0.15, -0.1) is 5.10 Å². The third-order valence-electron chi connectivity index (χ3n) is 5.51. The summed E-state index contributed by atoms with van der Waals surface area (Å²) < 4.78 is 24.3. The molecule has 0 spiro atoms. The molecule has 36 heavy (non-hydrogen) atoms. The van der Waals surface area contributed by atoms with Gasteiger partial charge in [0.05, 0.1) is 55.3 Å². The van der Waals surface area contributed by atoms with Gasteiger partial charge in [-0.2, -0.15) is 0 Å². The van der Waals surface area contributed by atoms with E-state index in [-0.39, 0.29) is 55.0 Å². The Morgan fingerprint density at radius 1 is 1.14 bits per heavy atom. The van der Waals surface area contributed by atoms with Crippen molar-refractivity contribution < 1.29 is 33.2 Å². The standard InChI is InChI=1S/C22H24N5O8P/c1-3-34-36(33,35-4-2)13-17(28)12-25-10-15(23-24-25)11-26-21(29)18-7-5-6-14-8-16(27(31)32)9-19(20(14)18)22(26)30/h5-10,17,28H,3-4,11-13H2,1-2H3. The van der Waals surface area contributed by atoms with Gasteiger partial charge in [-0.3, -0.25) is 29.2 Å². The Balaban J connectivity index is 1.53. The molecule has 1 N–H and O–H groups in total. The zero-order valence-corrected chi connectivity index (χ0v) is 20.5. The summed E-state index contributed by atoms with van der Waals surface area (Å²) >= 11 is 0. The molecule has 2 aromatic carbocycles. The molecule has 4 rings (SSSR count). The lowest BCUT2D eigenvalue weighted by atomic mass is 9.93. The number of benzene rings is 2. The van der Waals surface area contributed by atoms with Crippen molar-refractivity contribution in [2.24, 2.45) is 0 Å². The number of imide groups is 1. The van der Waals surface area contributed by atoms with Crippen LogP contribution in [0, 0.1) is 10.1 Å². The Morgan fingerprint density at radius 3 is 2.50 bits per heavy atom. The van der Waals surface area contributed by atoms with Gasteiger partial charge in [0.25, 0.3) is 17.5 Å². The van der Waals surface area contributed by atoms with Crippen molar-refractivity contribution in [3.63, 3.8) is 0 Å². The summed E-state index contributed by atoms with van der Waals surface area (Å²) in [5, 5.41) is 30.4. The van der Waals surface area contributed by atoms with Gasteiger partial charge in [0.15, 0.2) is 0 Å². The number of hydrogen-bond acceptors (Lipinski definition) is 10. The first-order valence-electron chi connectivity index (χ1n) is 11.2. The van der Waals surface area contributed by atoms with Crippen molar-refractivity contribution in [2.75, 3.05) is 19.4 Å². The number of rotatable bonds is 11. The van der Waals surface area contributed by atoms with Crippen molar-refractivity contribution in [2.45, 2.75) is 33.0 Å². The smallest absolute Gasteiger partial charge is 0.333 e. The molecule has 13 nitrogen and oxygen atoms in total. The molecule has 2 amide bonds. The first-order chi connectivity index (χ1) is 17.2. The van der Waals surface area contributed by atoms with Crippen molar-refractivity contribution >= 4 is 35.9 Å². The molecule has 0 bridgehead atoms. The van der Waals surface area contributed by atoms with E-state index in [9.17, 15) is 29.4 Å². The van der Waals surface area contributed by atoms with E-state index in [0.29, 0.717) is 10.8 Å². The maximum absolute atomic E-state index is 13.2. The minimum absolute atomic E-state index is 0.0554. The summed E-state index contributed by atoms with van der Waals surface area (Å²) in [6, 6.07) is 7.25. The van der Waals surface area contributed by atoms with Crippen LogP contribution in [0.15, 0.2) is 36.5 Å². The first kappa shape index (κ1) is 25.6. The topological polar surface area (TPSA) is 167 Å². The molecule has 2 heterocycles. The highest BCUT2D eigenvalue weighted by molar-refractivity contribution is 7.53. The second-order valence-corrected chi connectivity index (χ2v) is 10.2. The van der Waals surface area contributed by atoms with Gasteiger partial charge >= 0.3 is 7.60 Å². The molecule has 1 atom stereocenters. The predicted molar refractivity (Wildman–Crippen MR) is 127 cm³/mol. The van der Waals surface area contributed by atoms with Gasteiger partial charge in [-0.05, 0) is 25.3 Å². The normalized spacial score (nSPS) is 14.5. The van der Waals surface area contributed by atoms with Crippen LogP contribution in [0.5, 0.6) is 0 Å². The van der Waals surface area contributed by atoms with Crippen LogP contribution in [-0.4, -0.2) is 67.2 Å². The quantitative estimate of drug-likeness (QED) is 0.173. The van der Waals surface area contributed by atoms with E-state index in [1.165, 1.54) is 16.9 Å². The van der Waals surface area contributed by atoms with Gasteiger partial charge in [-0.25, -0.2) is 4.68 Å². The summed E-state index contributed by atoms with van der Waals surface area (Å²) in [7, 11) is -3.47. The first-order valence-corrected chi connectivity index (χ1v) is 12.9. The van der Waals surface area contributed by atoms with E-state index in [1.807, 2.05) is 0 Å². The molecular formula is C22H24N5O8P.